The number of carbonyl (C=O) groups is 1. The number of halogens is 1. The second kappa shape index (κ2) is 8.42. The van der Waals surface area contributed by atoms with E-state index in [-0.39, 0.29) is 30.4 Å². The molecule has 0 aliphatic rings. The zero-order chi connectivity index (χ0) is 14.4. The SMILES string of the molecule is CC(C)CC(=O)OC(Cn1cncn1)c1ccccc1.Cl. The van der Waals surface area contributed by atoms with Gasteiger partial charge in [-0.1, -0.05) is 44.2 Å². The summed E-state index contributed by atoms with van der Waals surface area (Å²) in [6.07, 6.45) is 3.16. The van der Waals surface area contributed by atoms with Gasteiger partial charge in [-0.2, -0.15) is 5.10 Å². The van der Waals surface area contributed by atoms with Gasteiger partial charge in [0.05, 0.1) is 6.54 Å². The fraction of sp³-hybridized carbons (Fsp3) is 0.400. The summed E-state index contributed by atoms with van der Waals surface area (Å²) < 4.78 is 7.26. The number of ether oxygens (including phenoxy) is 1. The summed E-state index contributed by atoms with van der Waals surface area (Å²) in [4.78, 5) is 15.8. The highest BCUT2D eigenvalue weighted by Gasteiger charge is 2.18. The van der Waals surface area contributed by atoms with Gasteiger partial charge in [0, 0.05) is 6.42 Å². The van der Waals surface area contributed by atoms with Gasteiger partial charge < -0.3 is 4.74 Å². The quantitative estimate of drug-likeness (QED) is 0.770. The van der Waals surface area contributed by atoms with E-state index in [4.69, 9.17) is 4.74 Å². The van der Waals surface area contributed by atoms with E-state index in [2.05, 4.69) is 10.1 Å². The van der Waals surface area contributed by atoms with Crippen molar-refractivity contribution in [3.05, 3.63) is 48.5 Å². The Morgan fingerprint density at radius 2 is 2.00 bits per heavy atom. The molecule has 0 saturated carbocycles. The summed E-state index contributed by atoms with van der Waals surface area (Å²) in [5.74, 6) is 0.0965. The maximum atomic E-state index is 11.9. The first-order valence-corrected chi connectivity index (χ1v) is 6.72. The third-order valence-corrected chi connectivity index (χ3v) is 2.84. The van der Waals surface area contributed by atoms with Crippen LogP contribution in [0, 0.1) is 5.92 Å². The van der Waals surface area contributed by atoms with Gasteiger partial charge in [-0.3, -0.25) is 4.79 Å². The van der Waals surface area contributed by atoms with E-state index in [1.807, 2.05) is 44.2 Å². The maximum absolute atomic E-state index is 11.9. The van der Waals surface area contributed by atoms with E-state index >= 15 is 0 Å². The minimum atomic E-state index is -0.343. The van der Waals surface area contributed by atoms with E-state index in [9.17, 15) is 4.79 Å². The zero-order valence-electron chi connectivity index (χ0n) is 12.2. The highest BCUT2D eigenvalue weighted by atomic mass is 35.5. The first kappa shape index (κ1) is 17.2. The molecule has 114 valence electrons. The fourth-order valence-corrected chi connectivity index (χ4v) is 1.92. The Balaban J connectivity index is 0.00000220. The molecule has 0 spiro atoms. The average Bonchev–Trinajstić information content (AvgIpc) is 2.91. The molecule has 2 aromatic rings. The van der Waals surface area contributed by atoms with Crippen molar-refractivity contribution >= 4 is 18.4 Å². The predicted molar refractivity (Wildman–Crippen MR) is 82.0 cm³/mol. The number of hydrogen-bond acceptors (Lipinski definition) is 4. The predicted octanol–water partition coefficient (Wildman–Crippen LogP) is 3.03. The number of aromatic nitrogens is 3. The first-order chi connectivity index (χ1) is 9.65. The molecule has 0 saturated heterocycles. The molecule has 2 rings (SSSR count). The van der Waals surface area contributed by atoms with Crippen molar-refractivity contribution in [3.8, 4) is 0 Å². The summed E-state index contributed by atoms with van der Waals surface area (Å²) in [5, 5.41) is 4.06. The van der Waals surface area contributed by atoms with Crippen molar-refractivity contribution in [2.75, 3.05) is 0 Å². The van der Waals surface area contributed by atoms with Crippen LogP contribution in [0.4, 0.5) is 0 Å². The van der Waals surface area contributed by atoms with E-state index in [1.165, 1.54) is 6.33 Å². The Morgan fingerprint density at radius 3 is 2.57 bits per heavy atom. The first-order valence-electron chi connectivity index (χ1n) is 6.72. The van der Waals surface area contributed by atoms with E-state index in [0.717, 1.165) is 5.56 Å². The molecule has 0 amide bonds. The Hall–Kier alpha value is -1.88. The van der Waals surface area contributed by atoms with Crippen LogP contribution in [0.1, 0.15) is 31.9 Å². The number of carbonyl (C=O) groups excluding carboxylic acids is 1. The van der Waals surface area contributed by atoms with Crippen molar-refractivity contribution in [2.45, 2.75) is 32.9 Å². The molecule has 1 heterocycles. The summed E-state index contributed by atoms with van der Waals surface area (Å²) in [5.41, 5.74) is 0.958. The van der Waals surface area contributed by atoms with Crippen LogP contribution in [0.5, 0.6) is 0 Å². The summed E-state index contributed by atoms with van der Waals surface area (Å²) in [6.45, 7) is 4.46. The number of nitrogens with zero attached hydrogens (tertiary/aromatic N) is 3. The molecule has 1 aromatic carbocycles. The van der Waals surface area contributed by atoms with Crippen LogP contribution in [-0.2, 0) is 16.1 Å². The minimum absolute atomic E-state index is 0. The average molecular weight is 310 g/mol. The second-order valence-electron chi connectivity index (χ2n) is 5.10. The van der Waals surface area contributed by atoms with E-state index < -0.39 is 0 Å². The van der Waals surface area contributed by atoms with E-state index in [0.29, 0.717) is 13.0 Å². The molecule has 5 nitrogen and oxygen atoms in total. The summed E-state index contributed by atoms with van der Waals surface area (Å²) in [7, 11) is 0. The van der Waals surface area contributed by atoms with Gasteiger partial charge in [0.2, 0.25) is 0 Å². The van der Waals surface area contributed by atoms with E-state index in [1.54, 1.807) is 11.0 Å². The number of rotatable bonds is 6. The largest absolute Gasteiger partial charge is 0.455 e. The number of esters is 1. The van der Waals surface area contributed by atoms with Crippen LogP contribution in [0.25, 0.3) is 0 Å². The molecule has 21 heavy (non-hydrogen) atoms. The Morgan fingerprint density at radius 1 is 1.29 bits per heavy atom. The second-order valence-corrected chi connectivity index (χ2v) is 5.10. The highest BCUT2D eigenvalue weighted by Crippen LogP contribution is 2.20. The molecule has 0 fully saturated rings. The lowest BCUT2D eigenvalue weighted by molar-refractivity contribution is -0.151. The van der Waals surface area contributed by atoms with Gasteiger partial charge >= 0.3 is 5.97 Å². The molecule has 0 radical (unpaired) electrons. The van der Waals surface area contributed by atoms with Crippen molar-refractivity contribution in [1.29, 1.82) is 0 Å². The molecule has 1 unspecified atom stereocenters. The molecule has 0 aliphatic heterocycles. The molecule has 6 heteroatoms. The van der Waals surface area contributed by atoms with Crippen LogP contribution in [-0.4, -0.2) is 20.7 Å². The van der Waals surface area contributed by atoms with Crippen LogP contribution < -0.4 is 0 Å². The van der Waals surface area contributed by atoms with Crippen molar-refractivity contribution < 1.29 is 9.53 Å². The lowest BCUT2D eigenvalue weighted by Gasteiger charge is -2.18. The van der Waals surface area contributed by atoms with Gasteiger partial charge in [-0.05, 0) is 11.5 Å². The minimum Gasteiger partial charge on any atom is -0.455 e. The van der Waals surface area contributed by atoms with Crippen molar-refractivity contribution in [2.24, 2.45) is 5.92 Å². The summed E-state index contributed by atoms with van der Waals surface area (Å²) >= 11 is 0. The normalized spacial score (nSPS) is 11.8. The lowest BCUT2D eigenvalue weighted by atomic mass is 10.1. The monoisotopic (exact) mass is 309 g/mol. The maximum Gasteiger partial charge on any atom is 0.306 e. The lowest BCUT2D eigenvalue weighted by Crippen LogP contribution is -2.18. The number of hydrogen-bond donors (Lipinski definition) is 0. The summed E-state index contributed by atoms with van der Waals surface area (Å²) in [6, 6.07) is 9.69. The van der Waals surface area contributed by atoms with Crippen LogP contribution in [0.15, 0.2) is 43.0 Å². The smallest absolute Gasteiger partial charge is 0.306 e. The Labute approximate surface area is 130 Å². The standard InChI is InChI=1S/C15H19N3O2.ClH/c1-12(2)8-15(19)20-14(9-18-11-16-10-17-18)13-6-4-3-5-7-13;/h3-7,10-12,14H,8-9H2,1-2H3;1H. The zero-order valence-corrected chi connectivity index (χ0v) is 13.0. The molecule has 1 aromatic heterocycles. The van der Waals surface area contributed by atoms with Crippen LogP contribution in [0.2, 0.25) is 0 Å². The molecule has 0 aliphatic carbocycles. The Bertz CT molecular complexity index is 529. The highest BCUT2D eigenvalue weighted by molar-refractivity contribution is 5.85. The third kappa shape index (κ3) is 5.55. The van der Waals surface area contributed by atoms with Crippen molar-refractivity contribution in [3.63, 3.8) is 0 Å². The molecule has 0 bridgehead atoms. The van der Waals surface area contributed by atoms with Gasteiger partial charge in [-0.25, -0.2) is 9.67 Å². The van der Waals surface area contributed by atoms with Crippen LogP contribution in [0.3, 0.4) is 0 Å². The van der Waals surface area contributed by atoms with Gasteiger partial charge in [0.25, 0.3) is 0 Å². The third-order valence-electron chi connectivity index (χ3n) is 2.84. The van der Waals surface area contributed by atoms with Gasteiger partial charge in [-0.15, -0.1) is 12.4 Å². The molecule has 0 N–H and O–H groups in total. The van der Waals surface area contributed by atoms with Crippen LogP contribution >= 0.6 is 12.4 Å². The molecular weight excluding hydrogens is 290 g/mol. The Kier molecular flexibility index (Phi) is 6.88. The van der Waals surface area contributed by atoms with Gasteiger partial charge in [0.15, 0.2) is 0 Å². The van der Waals surface area contributed by atoms with Gasteiger partial charge in [0.1, 0.15) is 18.8 Å². The molecule has 1 atom stereocenters. The molecular formula is C15H20ClN3O2. The fourth-order valence-electron chi connectivity index (χ4n) is 1.92. The van der Waals surface area contributed by atoms with Crippen molar-refractivity contribution in [1.82, 2.24) is 14.8 Å². The number of benzene rings is 1. The topological polar surface area (TPSA) is 57.0 Å².